The molecule has 0 amide bonds. The van der Waals surface area contributed by atoms with Gasteiger partial charge in [-0.05, 0) is 18.3 Å². The second-order valence-corrected chi connectivity index (χ2v) is 6.49. The van der Waals surface area contributed by atoms with Crippen LogP contribution in [0.2, 0.25) is 0 Å². The van der Waals surface area contributed by atoms with Crippen LogP contribution in [-0.2, 0) is 9.53 Å². The van der Waals surface area contributed by atoms with E-state index in [4.69, 9.17) is 4.74 Å². The van der Waals surface area contributed by atoms with Gasteiger partial charge < -0.3 is 4.74 Å². The minimum atomic E-state index is -0.235. The monoisotopic (exact) mass is 296 g/mol. The van der Waals surface area contributed by atoms with E-state index in [-0.39, 0.29) is 11.4 Å². The summed E-state index contributed by atoms with van der Waals surface area (Å²) in [6.07, 6.45) is 17.7. The molecule has 0 aliphatic rings. The normalized spacial score (nSPS) is 14.3. The molecular weight excluding hydrogens is 260 g/mol. The largest absolute Gasteiger partial charge is 0.466 e. The van der Waals surface area contributed by atoms with Crippen LogP contribution in [-0.4, -0.2) is 13.1 Å². The summed E-state index contributed by atoms with van der Waals surface area (Å²) in [6, 6.07) is 0. The van der Waals surface area contributed by atoms with Crippen LogP contribution in [0.5, 0.6) is 0 Å². The van der Waals surface area contributed by atoms with Crippen molar-refractivity contribution in [3.63, 3.8) is 0 Å². The van der Waals surface area contributed by atoms with Crippen LogP contribution >= 0.6 is 0 Å². The average molecular weight is 296 g/mol. The molecular formula is C19H36O2. The predicted molar refractivity (Wildman–Crippen MR) is 91.4 cm³/mol. The molecule has 0 aromatic carbocycles. The summed E-state index contributed by atoms with van der Waals surface area (Å²) in [6.45, 7) is 6.78. The molecule has 0 saturated heterocycles. The molecule has 1 unspecified atom stereocenters. The Hall–Kier alpha value is -0.790. The second-order valence-electron chi connectivity index (χ2n) is 6.49. The summed E-state index contributed by atoms with van der Waals surface area (Å²) in [5, 5.41) is 0. The highest BCUT2D eigenvalue weighted by Crippen LogP contribution is 2.33. The number of hydrogen-bond donors (Lipinski definition) is 0. The number of unbranched alkanes of at least 4 members (excludes halogenated alkanes) is 7. The lowest BCUT2D eigenvalue weighted by Gasteiger charge is -2.26. The van der Waals surface area contributed by atoms with Crippen molar-refractivity contribution in [2.24, 2.45) is 5.41 Å². The summed E-state index contributed by atoms with van der Waals surface area (Å²) in [5.74, 6) is -0.235. The van der Waals surface area contributed by atoms with Gasteiger partial charge >= 0.3 is 5.97 Å². The van der Waals surface area contributed by atoms with Gasteiger partial charge in [0.15, 0.2) is 0 Å². The Morgan fingerprint density at radius 3 is 1.86 bits per heavy atom. The van der Waals surface area contributed by atoms with Gasteiger partial charge in [-0.1, -0.05) is 84.6 Å². The first-order valence-corrected chi connectivity index (χ1v) is 8.85. The highest BCUT2D eigenvalue weighted by atomic mass is 16.5. The Morgan fingerprint density at radius 1 is 0.905 bits per heavy atom. The fraction of sp³-hybridized carbons (Fsp3) is 0.842. The number of allylic oxidation sites excluding steroid dienone is 1. The van der Waals surface area contributed by atoms with Crippen LogP contribution < -0.4 is 0 Å². The molecule has 0 radical (unpaired) electrons. The first-order valence-electron chi connectivity index (χ1n) is 8.85. The molecule has 0 bridgehead atoms. The molecule has 0 heterocycles. The van der Waals surface area contributed by atoms with Crippen molar-refractivity contribution in [1.29, 1.82) is 0 Å². The van der Waals surface area contributed by atoms with E-state index in [9.17, 15) is 4.79 Å². The third kappa shape index (κ3) is 11.5. The van der Waals surface area contributed by atoms with Gasteiger partial charge in [-0.25, -0.2) is 4.79 Å². The summed E-state index contributed by atoms with van der Waals surface area (Å²) in [4.78, 5) is 11.3. The van der Waals surface area contributed by atoms with Crippen LogP contribution in [0.15, 0.2) is 12.2 Å². The molecule has 0 N–H and O–H groups in total. The fourth-order valence-corrected chi connectivity index (χ4v) is 2.72. The zero-order chi connectivity index (χ0) is 16.0. The molecule has 1 atom stereocenters. The third-order valence-electron chi connectivity index (χ3n) is 4.28. The van der Waals surface area contributed by atoms with Crippen LogP contribution in [0.4, 0.5) is 0 Å². The van der Waals surface area contributed by atoms with Crippen molar-refractivity contribution >= 4 is 5.97 Å². The molecule has 0 aliphatic carbocycles. The van der Waals surface area contributed by atoms with Gasteiger partial charge in [0.1, 0.15) is 0 Å². The van der Waals surface area contributed by atoms with E-state index >= 15 is 0 Å². The quantitative estimate of drug-likeness (QED) is 0.235. The van der Waals surface area contributed by atoms with Crippen LogP contribution in [0, 0.1) is 5.41 Å². The third-order valence-corrected chi connectivity index (χ3v) is 4.28. The average Bonchev–Trinajstić information content (AvgIpc) is 2.49. The molecule has 2 heteroatoms. The summed E-state index contributed by atoms with van der Waals surface area (Å²) >= 11 is 0. The van der Waals surface area contributed by atoms with Gasteiger partial charge in [0.25, 0.3) is 0 Å². The second kappa shape index (κ2) is 12.9. The first-order chi connectivity index (χ1) is 10.1. The van der Waals surface area contributed by atoms with Gasteiger partial charge in [-0.3, -0.25) is 0 Å². The topological polar surface area (TPSA) is 26.3 Å². The highest BCUT2D eigenvalue weighted by Gasteiger charge is 2.20. The lowest BCUT2D eigenvalue weighted by Crippen LogP contribution is -2.14. The lowest BCUT2D eigenvalue weighted by atomic mass is 9.79. The Labute approximate surface area is 132 Å². The number of carbonyl (C=O) groups is 1. The smallest absolute Gasteiger partial charge is 0.330 e. The number of methoxy groups -OCH3 is 1. The highest BCUT2D eigenvalue weighted by molar-refractivity contribution is 5.81. The molecule has 21 heavy (non-hydrogen) atoms. The molecule has 124 valence electrons. The lowest BCUT2D eigenvalue weighted by molar-refractivity contribution is -0.134. The first kappa shape index (κ1) is 20.2. The van der Waals surface area contributed by atoms with Gasteiger partial charge in [-0.15, -0.1) is 0 Å². The molecule has 2 nitrogen and oxygen atoms in total. The summed E-state index contributed by atoms with van der Waals surface area (Å²) in [5.41, 5.74) is 0.147. The van der Waals surface area contributed by atoms with Gasteiger partial charge in [-0.2, -0.15) is 0 Å². The number of ether oxygens (including phenoxy) is 1. The number of hydrogen-bond acceptors (Lipinski definition) is 2. The Balaban J connectivity index is 4.30. The van der Waals surface area contributed by atoms with E-state index in [0.717, 1.165) is 0 Å². The minimum Gasteiger partial charge on any atom is -0.466 e. The van der Waals surface area contributed by atoms with E-state index < -0.39 is 0 Å². The maximum Gasteiger partial charge on any atom is 0.330 e. The van der Waals surface area contributed by atoms with Crippen molar-refractivity contribution in [2.75, 3.05) is 7.11 Å². The van der Waals surface area contributed by atoms with E-state index in [1.165, 1.54) is 77.7 Å². The van der Waals surface area contributed by atoms with E-state index in [1.54, 1.807) is 6.08 Å². The Kier molecular flexibility index (Phi) is 12.4. The molecule has 0 aromatic heterocycles. The molecule has 0 fully saturated rings. The Bertz CT molecular complexity index is 283. The summed E-state index contributed by atoms with van der Waals surface area (Å²) < 4.78 is 4.72. The standard InChI is InChI=1S/C19H36O2/c1-5-7-9-11-13-16-19(3,15-12-10-8-6-2)17-14-18(20)21-4/h14,17H,5-13,15-16H2,1-4H3/b17-14+. The SMILES string of the molecule is CCCCCCCC(C)(/C=C/C(=O)OC)CCCCCC. The summed E-state index contributed by atoms with van der Waals surface area (Å²) in [7, 11) is 1.44. The molecule has 0 aliphatic heterocycles. The molecule has 0 rings (SSSR count). The van der Waals surface area contributed by atoms with Crippen molar-refractivity contribution in [3.05, 3.63) is 12.2 Å². The van der Waals surface area contributed by atoms with E-state index in [2.05, 4.69) is 26.8 Å². The van der Waals surface area contributed by atoms with Gasteiger partial charge in [0.05, 0.1) is 7.11 Å². The number of esters is 1. The van der Waals surface area contributed by atoms with E-state index in [1.807, 2.05) is 0 Å². The minimum absolute atomic E-state index is 0.147. The van der Waals surface area contributed by atoms with Crippen molar-refractivity contribution in [3.8, 4) is 0 Å². The molecule has 0 saturated carbocycles. The molecule has 0 aromatic rings. The van der Waals surface area contributed by atoms with Crippen LogP contribution in [0.25, 0.3) is 0 Å². The van der Waals surface area contributed by atoms with Crippen LogP contribution in [0.1, 0.15) is 91.4 Å². The zero-order valence-electron chi connectivity index (χ0n) is 14.7. The maximum atomic E-state index is 11.3. The fourth-order valence-electron chi connectivity index (χ4n) is 2.72. The predicted octanol–water partition coefficient (Wildman–Crippen LogP) is 6.05. The maximum absolute atomic E-state index is 11.3. The Morgan fingerprint density at radius 2 is 1.38 bits per heavy atom. The zero-order valence-corrected chi connectivity index (χ0v) is 14.7. The van der Waals surface area contributed by atoms with Crippen molar-refractivity contribution < 1.29 is 9.53 Å². The van der Waals surface area contributed by atoms with Gasteiger partial charge in [0.2, 0.25) is 0 Å². The number of rotatable bonds is 13. The number of carbonyl (C=O) groups excluding carboxylic acids is 1. The van der Waals surface area contributed by atoms with Gasteiger partial charge in [0, 0.05) is 6.08 Å². The van der Waals surface area contributed by atoms with E-state index in [0.29, 0.717) is 0 Å². The van der Waals surface area contributed by atoms with Crippen molar-refractivity contribution in [2.45, 2.75) is 91.4 Å². The van der Waals surface area contributed by atoms with Crippen molar-refractivity contribution in [1.82, 2.24) is 0 Å². The van der Waals surface area contributed by atoms with Crippen LogP contribution in [0.3, 0.4) is 0 Å². The molecule has 0 spiro atoms.